The minimum atomic E-state index is 0. The van der Waals surface area contributed by atoms with Crippen LogP contribution in [0, 0.1) is 0 Å². The van der Waals surface area contributed by atoms with Crippen molar-refractivity contribution in [3.05, 3.63) is 13.2 Å². The molecule has 0 radical (unpaired) electrons. The van der Waals surface area contributed by atoms with Gasteiger partial charge in [0.1, 0.15) is 0 Å². The van der Waals surface area contributed by atoms with E-state index in [4.69, 9.17) is 0 Å². The fourth-order valence-corrected chi connectivity index (χ4v) is 0. The monoisotopic (exact) mass is 88.0 g/mol. The Kier molecular flexibility index (Phi) is 191. The summed E-state index contributed by atoms with van der Waals surface area (Å²) in [6.07, 6.45) is 0. The van der Waals surface area contributed by atoms with Crippen molar-refractivity contribution in [1.29, 1.82) is 0 Å². The van der Waals surface area contributed by atoms with Crippen LogP contribution in [0.25, 0.3) is 0 Å². The van der Waals surface area contributed by atoms with E-state index in [2.05, 4.69) is 13.2 Å². The molecule has 0 saturated heterocycles. The van der Waals surface area contributed by atoms with Gasteiger partial charge in [-0.25, -0.2) is 0 Å². The second-order valence-electron chi connectivity index (χ2n) is 0. The summed E-state index contributed by atoms with van der Waals surface area (Å²) in [6.45, 7) is 6.00. The molecule has 0 aliphatic heterocycles. The van der Waals surface area contributed by atoms with Gasteiger partial charge in [-0.2, -0.15) is 0 Å². The van der Waals surface area contributed by atoms with Gasteiger partial charge in [0.05, 0.1) is 0 Å². The largest absolute Gasteiger partial charge is 2.00 e. The van der Waals surface area contributed by atoms with Crippen molar-refractivity contribution in [3.8, 4) is 0 Å². The summed E-state index contributed by atoms with van der Waals surface area (Å²) >= 11 is 0. The van der Waals surface area contributed by atoms with Gasteiger partial charge in [-0.15, -0.1) is 13.2 Å². The van der Waals surface area contributed by atoms with E-state index >= 15 is 0 Å². The van der Waals surface area contributed by atoms with Crippen molar-refractivity contribution >= 4 is 37.7 Å². The first kappa shape index (κ1) is 20.2. The van der Waals surface area contributed by atoms with E-state index in [1.165, 1.54) is 0 Å². The molecule has 0 amide bonds. The van der Waals surface area contributed by atoms with Crippen LogP contribution < -0.4 is 0 Å². The molecule has 0 unspecified atom stereocenters. The van der Waals surface area contributed by atoms with Gasteiger partial charge >= 0.3 is 37.7 Å². The molecule has 0 aromatic heterocycles. The van der Waals surface area contributed by atoms with Crippen molar-refractivity contribution in [2.75, 3.05) is 0 Å². The number of rotatable bonds is 0. The minimum absolute atomic E-state index is 0. The maximum absolute atomic E-state index is 3.00. The molecule has 2 heteroatoms. The van der Waals surface area contributed by atoms with E-state index < -0.39 is 0 Å². The third-order valence-corrected chi connectivity index (χ3v) is 0. The minimum Gasteiger partial charge on any atom is -1.00 e. The van der Waals surface area contributed by atoms with Crippen LogP contribution in [0.4, 0.5) is 0 Å². The molecule has 0 aromatic carbocycles. The molecule has 0 saturated carbocycles. The molecule has 4 heavy (non-hydrogen) atoms. The van der Waals surface area contributed by atoms with Crippen LogP contribution in [0.15, 0.2) is 13.2 Å². The summed E-state index contributed by atoms with van der Waals surface area (Å²) in [5.74, 6) is 0. The zero-order chi connectivity index (χ0) is 2.00. The predicted octanol–water partition coefficient (Wildman–Crippen LogP) is -0.178. The summed E-state index contributed by atoms with van der Waals surface area (Å²) in [5, 5.41) is 0. The molecule has 0 heterocycles. The fraction of sp³-hybridized carbons (Fsp3) is 0. The maximum atomic E-state index is 3.00. The molecule has 24 valence electrons. The molecule has 0 aromatic rings. The van der Waals surface area contributed by atoms with Gasteiger partial charge in [0.15, 0.2) is 0 Å². The van der Waals surface area contributed by atoms with Crippen LogP contribution in [-0.2, 0) is 0 Å². The Morgan fingerprint density at radius 2 is 1.25 bits per heavy atom. The van der Waals surface area contributed by atoms with Gasteiger partial charge in [-0.05, 0) is 0 Å². The molecule has 0 spiro atoms. The Morgan fingerprint density at radius 1 is 1.25 bits per heavy atom. The zero-order valence-corrected chi connectivity index (χ0v) is 4.83. The Bertz CT molecular complexity index is 11.5. The van der Waals surface area contributed by atoms with Crippen LogP contribution in [-0.4, -0.2) is 43.2 Å². The van der Waals surface area contributed by atoms with Crippen molar-refractivity contribution < 1.29 is 8.33 Å². The van der Waals surface area contributed by atoms with Crippen LogP contribution >= 0.6 is 0 Å². The van der Waals surface area contributed by atoms with Crippen molar-refractivity contribution in [2.24, 2.45) is 0 Å². The fourth-order valence-electron chi connectivity index (χ4n) is 0. The topological polar surface area (TPSA) is 31.5 Å². The van der Waals surface area contributed by atoms with E-state index in [1.807, 2.05) is 0 Å². The van der Waals surface area contributed by atoms with E-state index in [0.717, 1.165) is 0 Å². The summed E-state index contributed by atoms with van der Waals surface area (Å²) in [7, 11) is 0. The summed E-state index contributed by atoms with van der Waals surface area (Å²) < 4.78 is 0. The predicted molar refractivity (Wildman–Crippen MR) is 22.8 cm³/mol. The standard InChI is InChI=1S/C2H4.Ca.H2O.2H/c1-2;;;;/h1-2H2;;1H2;;/q;+2;;2*-1. The van der Waals surface area contributed by atoms with E-state index in [-0.39, 0.29) is 46.1 Å². The van der Waals surface area contributed by atoms with Crippen molar-refractivity contribution in [3.63, 3.8) is 0 Å². The Balaban J connectivity index is -0.000000000833. The number of hydrogen-bond donors (Lipinski definition) is 0. The normalized spacial score (nSPS) is 1.00. The summed E-state index contributed by atoms with van der Waals surface area (Å²) in [5.41, 5.74) is 0. The van der Waals surface area contributed by atoms with E-state index in [0.29, 0.717) is 0 Å². The molecular formula is C2H8CaO. The van der Waals surface area contributed by atoms with Crippen LogP contribution in [0.1, 0.15) is 2.85 Å². The number of hydrogen-bond acceptors (Lipinski definition) is 0. The quantitative estimate of drug-likeness (QED) is 0.291. The Morgan fingerprint density at radius 3 is 1.25 bits per heavy atom. The van der Waals surface area contributed by atoms with Crippen LogP contribution in [0.5, 0.6) is 0 Å². The van der Waals surface area contributed by atoms with Gasteiger partial charge in [-0.3, -0.25) is 0 Å². The molecule has 2 N–H and O–H groups in total. The third kappa shape index (κ3) is 12.3. The average Bonchev–Trinajstić information content (AvgIpc) is 1.00. The van der Waals surface area contributed by atoms with Gasteiger partial charge in [0.25, 0.3) is 0 Å². The molecule has 0 aliphatic rings. The zero-order valence-electron chi connectivity index (χ0n) is 4.62. The molecule has 0 bridgehead atoms. The second-order valence-corrected chi connectivity index (χ2v) is 0. The van der Waals surface area contributed by atoms with Gasteiger partial charge in [0, 0.05) is 0 Å². The smallest absolute Gasteiger partial charge is 1.00 e. The van der Waals surface area contributed by atoms with Gasteiger partial charge < -0.3 is 8.33 Å². The molecule has 0 fully saturated rings. The van der Waals surface area contributed by atoms with Crippen LogP contribution in [0.2, 0.25) is 0 Å². The first-order valence-electron chi connectivity index (χ1n) is 0.500. The summed E-state index contributed by atoms with van der Waals surface area (Å²) in [4.78, 5) is 0. The Labute approximate surface area is 59.0 Å². The van der Waals surface area contributed by atoms with Crippen molar-refractivity contribution in [1.82, 2.24) is 0 Å². The first-order chi connectivity index (χ1) is 1.00. The van der Waals surface area contributed by atoms with Crippen LogP contribution in [0.3, 0.4) is 0 Å². The van der Waals surface area contributed by atoms with E-state index in [9.17, 15) is 0 Å². The van der Waals surface area contributed by atoms with Gasteiger partial charge in [0.2, 0.25) is 0 Å². The molecule has 0 aliphatic carbocycles. The van der Waals surface area contributed by atoms with Crippen molar-refractivity contribution in [2.45, 2.75) is 0 Å². The third-order valence-electron chi connectivity index (χ3n) is 0. The average molecular weight is 88.2 g/mol. The van der Waals surface area contributed by atoms with E-state index in [1.54, 1.807) is 0 Å². The second kappa shape index (κ2) is 37.7. The molecular weight excluding hydrogens is 80.1 g/mol. The molecule has 0 atom stereocenters. The summed E-state index contributed by atoms with van der Waals surface area (Å²) in [6, 6.07) is 0. The maximum Gasteiger partial charge on any atom is 2.00 e. The molecule has 1 nitrogen and oxygen atoms in total. The molecule has 0 rings (SSSR count). The SMILES string of the molecule is C=C.O.[Ca+2].[H-].[H-]. The Hall–Kier alpha value is 0.960. The first-order valence-corrected chi connectivity index (χ1v) is 0.500. The van der Waals surface area contributed by atoms with Gasteiger partial charge in [-0.1, -0.05) is 0 Å².